The van der Waals surface area contributed by atoms with Crippen LogP contribution in [0.25, 0.3) is 10.8 Å². The summed E-state index contributed by atoms with van der Waals surface area (Å²) in [6.45, 7) is 2.74. The van der Waals surface area contributed by atoms with Gasteiger partial charge in [0.05, 0.1) is 0 Å². The van der Waals surface area contributed by atoms with Crippen LogP contribution in [-0.2, 0) is 4.79 Å². The van der Waals surface area contributed by atoms with E-state index in [4.69, 9.17) is 0 Å². The summed E-state index contributed by atoms with van der Waals surface area (Å²) in [6.07, 6.45) is 2.42. The lowest BCUT2D eigenvalue weighted by atomic mass is 10.1. The number of rotatable bonds is 2. The van der Waals surface area contributed by atoms with Crippen molar-refractivity contribution < 1.29 is 9.59 Å². The van der Waals surface area contributed by atoms with Crippen molar-refractivity contribution in [1.82, 2.24) is 9.88 Å². The summed E-state index contributed by atoms with van der Waals surface area (Å²) in [5.41, 5.74) is 0.479. The van der Waals surface area contributed by atoms with E-state index in [-0.39, 0.29) is 17.6 Å². The highest BCUT2D eigenvalue weighted by atomic mass is 16.2. The Hall–Kier alpha value is -2.23. The van der Waals surface area contributed by atoms with Crippen molar-refractivity contribution in [3.05, 3.63) is 42.2 Å². The van der Waals surface area contributed by atoms with Gasteiger partial charge in [0.25, 0.3) is 5.91 Å². The van der Waals surface area contributed by atoms with Crippen LogP contribution in [0.1, 0.15) is 23.8 Å². The van der Waals surface area contributed by atoms with Crippen molar-refractivity contribution in [3.63, 3.8) is 0 Å². The molecule has 2 aromatic rings. The van der Waals surface area contributed by atoms with E-state index in [1.54, 1.807) is 18.0 Å². The minimum atomic E-state index is -0.0782. The highest BCUT2D eigenvalue weighted by molar-refractivity contribution is 6.05. The van der Waals surface area contributed by atoms with E-state index in [0.29, 0.717) is 18.8 Å². The lowest BCUT2D eigenvalue weighted by molar-refractivity contribution is -0.120. The van der Waals surface area contributed by atoms with Crippen molar-refractivity contribution in [2.24, 2.45) is 5.92 Å². The van der Waals surface area contributed by atoms with Crippen LogP contribution in [0.4, 0.5) is 0 Å². The number of hydrogen-bond acceptors (Lipinski definition) is 3. The second-order valence-electron chi connectivity index (χ2n) is 5.23. The number of likely N-dealkylation sites (tertiary alicyclic amines) is 1. The summed E-state index contributed by atoms with van der Waals surface area (Å²) < 4.78 is 0. The molecule has 3 rings (SSSR count). The Labute approximate surface area is 117 Å². The van der Waals surface area contributed by atoms with Gasteiger partial charge in [-0.1, -0.05) is 24.3 Å². The van der Waals surface area contributed by atoms with E-state index >= 15 is 0 Å². The van der Waals surface area contributed by atoms with E-state index in [2.05, 4.69) is 4.98 Å². The third kappa shape index (κ3) is 2.18. The molecule has 1 fully saturated rings. The van der Waals surface area contributed by atoms with E-state index in [1.165, 1.54) is 0 Å². The number of hydrogen-bond donors (Lipinski definition) is 0. The highest BCUT2D eigenvalue weighted by Crippen LogP contribution is 2.22. The number of ketones is 1. The molecule has 0 saturated carbocycles. The van der Waals surface area contributed by atoms with Gasteiger partial charge in [0.15, 0.2) is 0 Å². The standard InChI is InChI=1S/C16H16N2O2/c1-11(19)13-7-9-18(10-13)16(20)15-14-5-3-2-4-12(14)6-8-17-15/h2-6,8,13H,7,9-10H2,1H3/t13-/m1/s1. The van der Waals surface area contributed by atoms with Gasteiger partial charge < -0.3 is 4.90 Å². The van der Waals surface area contributed by atoms with Crippen LogP contribution in [0.2, 0.25) is 0 Å². The van der Waals surface area contributed by atoms with E-state index in [0.717, 1.165) is 17.2 Å². The molecule has 1 amide bonds. The molecule has 0 radical (unpaired) electrons. The lowest BCUT2D eigenvalue weighted by Crippen LogP contribution is -2.30. The fraction of sp³-hybridized carbons (Fsp3) is 0.312. The van der Waals surface area contributed by atoms with Gasteiger partial charge in [-0.15, -0.1) is 0 Å². The summed E-state index contributed by atoms with van der Waals surface area (Å²) in [5.74, 6) is 0.0608. The van der Waals surface area contributed by atoms with Crippen LogP contribution < -0.4 is 0 Å². The van der Waals surface area contributed by atoms with Crippen LogP contribution in [0.5, 0.6) is 0 Å². The van der Waals surface area contributed by atoms with Gasteiger partial charge in [-0.2, -0.15) is 0 Å². The average Bonchev–Trinajstić information content (AvgIpc) is 2.96. The van der Waals surface area contributed by atoms with Crippen molar-refractivity contribution in [1.29, 1.82) is 0 Å². The molecule has 0 spiro atoms. The minimum Gasteiger partial charge on any atom is -0.337 e. The molecule has 1 atom stereocenters. The first-order valence-electron chi connectivity index (χ1n) is 6.80. The van der Waals surface area contributed by atoms with Crippen LogP contribution in [0.3, 0.4) is 0 Å². The fourth-order valence-corrected chi connectivity index (χ4v) is 2.72. The van der Waals surface area contributed by atoms with Gasteiger partial charge in [-0.25, -0.2) is 0 Å². The molecule has 4 nitrogen and oxygen atoms in total. The number of benzene rings is 1. The largest absolute Gasteiger partial charge is 0.337 e. The number of Topliss-reactive ketones (excluding diaryl/α,β-unsaturated/α-hetero) is 1. The van der Waals surface area contributed by atoms with Crippen molar-refractivity contribution >= 4 is 22.5 Å². The first kappa shape index (κ1) is 12.8. The molecule has 20 heavy (non-hydrogen) atoms. The molecule has 1 aromatic carbocycles. The van der Waals surface area contributed by atoms with Crippen LogP contribution >= 0.6 is 0 Å². The fourth-order valence-electron chi connectivity index (χ4n) is 2.72. The molecule has 1 aliphatic heterocycles. The maximum absolute atomic E-state index is 12.6. The van der Waals surface area contributed by atoms with Gasteiger partial charge in [-0.05, 0) is 24.8 Å². The van der Waals surface area contributed by atoms with E-state index < -0.39 is 0 Å². The second-order valence-corrected chi connectivity index (χ2v) is 5.23. The van der Waals surface area contributed by atoms with Gasteiger partial charge >= 0.3 is 0 Å². The quantitative estimate of drug-likeness (QED) is 0.839. The Bertz CT molecular complexity index is 676. The molecule has 1 aromatic heterocycles. The lowest BCUT2D eigenvalue weighted by Gasteiger charge is -2.16. The predicted molar refractivity (Wildman–Crippen MR) is 76.4 cm³/mol. The zero-order valence-corrected chi connectivity index (χ0v) is 11.4. The summed E-state index contributed by atoms with van der Waals surface area (Å²) in [6, 6.07) is 9.63. The van der Waals surface area contributed by atoms with Crippen LogP contribution in [0, 0.1) is 5.92 Å². The molecule has 0 aliphatic carbocycles. The summed E-state index contributed by atoms with van der Waals surface area (Å²) >= 11 is 0. The van der Waals surface area contributed by atoms with Crippen LogP contribution in [0.15, 0.2) is 36.5 Å². The Morgan fingerprint density at radius 1 is 1.25 bits per heavy atom. The third-order valence-corrected chi connectivity index (χ3v) is 3.93. The molecule has 0 unspecified atom stereocenters. The average molecular weight is 268 g/mol. The summed E-state index contributed by atoms with van der Waals surface area (Å²) in [5, 5.41) is 1.87. The predicted octanol–water partition coefficient (Wildman–Crippen LogP) is 2.29. The maximum Gasteiger partial charge on any atom is 0.273 e. The molecule has 1 aliphatic rings. The number of amides is 1. The Morgan fingerprint density at radius 3 is 2.80 bits per heavy atom. The highest BCUT2D eigenvalue weighted by Gasteiger charge is 2.30. The van der Waals surface area contributed by atoms with Crippen molar-refractivity contribution in [3.8, 4) is 0 Å². The third-order valence-electron chi connectivity index (χ3n) is 3.93. The van der Waals surface area contributed by atoms with Gasteiger partial charge in [0, 0.05) is 30.6 Å². The molecule has 2 heterocycles. The number of pyridine rings is 1. The zero-order chi connectivity index (χ0) is 14.1. The van der Waals surface area contributed by atoms with Crippen molar-refractivity contribution in [2.45, 2.75) is 13.3 Å². The smallest absolute Gasteiger partial charge is 0.273 e. The molecule has 1 saturated heterocycles. The molecule has 0 bridgehead atoms. The summed E-state index contributed by atoms with van der Waals surface area (Å²) in [4.78, 5) is 30.0. The minimum absolute atomic E-state index is 0.0195. The summed E-state index contributed by atoms with van der Waals surface area (Å²) in [7, 11) is 0. The topological polar surface area (TPSA) is 50.3 Å². The Kier molecular flexibility index (Phi) is 3.22. The molecule has 0 N–H and O–H groups in total. The monoisotopic (exact) mass is 268 g/mol. The first-order valence-corrected chi connectivity index (χ1v) is 6.80. The molecule has 4 heteroatoms. The second kappa shape index (κ2) is 5.04. The Balaban J connectivity index is 1.92. The van der Waals surface area contributed by atoms with Gasteiger partial charge in [0.1, 0.15) is 11.5 Å². The number of fused-ring (bicyclic) bond motifs is 1. The number of nitrogens with zero attached hydrogens (tertiary/aromatic N) is 2. The maximum atomic E-state index is 12.6. The molecular formula is C16H16N2O2. The Morgan fingerprint density at radius 2 is 2.05 bits per heavy atom. The number of aromatic nitrogens is 1. The molecular weight excluding hydrogens is 252 g/mol. The number of carbonyl (C=O) groups is 2. The zero-order valence-electron chi connectivity index (χ0n) is 11.4. The van der Waals surface area contributed by atoms with Crippen molar-refractivity contribution in [2.75, 3.05) is 13.1 Å². The van der Waals surface area contributed by atoms with Gasteiger partial charge in [-0.3, -0.25) is 14.6 Å². The molecule has 102 valence electrons. The van der Waals surface area contributed by atoms with Gasteiger partial charge in [0.2, 0.25) is 0 Å². The van der Waals surface area contributed by atoms with Crippen LogP contribution in [-0.4, -0.2) is 34.7 Å². The van der Waals surface area contributed by atoms with E-state index in [9.17, 15) is 9.59 Å². The normalized spacial score (nSPS) is 18.4. The SMILES string of the molecule is CC(=O)[C@@H]1CCN(C(=O)c2nccc3ccccc23)C1. The first-order chi connectivity index (χ1) is 9.66. The van der Waals surface area contributed by atoms with E-state index in [1.807, 2.05) is 30.3 Å². The number of carbonyl (C=O) groups excluding carboxylic acids is 2.